The lowest BCUT2D eigenvalue weighted by molar-refractivity contribution is 0.329. The molecule has 0 saturated heterocycles. The second-order valence-electron chi connectivity index (χ2n) is 2.81. The van der Waals surface area contributed by atoms with Gasteiger partial charge in [-0.05, 0) is 29.8 Å². The third-order valence-electron chi connectivity index (χ3n) is 1.92. The van der Waals surface area contributed by atoms with Crippen LogP contribution in [0.2, 0.25) is 0 Å². The molecule has 0 spiro atoms. The van der Waals surface area contributed by atoms with Crippen molar-refractivity contribution in [3.8, 4) is 5.75 Å². The predicted molar refractivity (Wildman–Crippen MR) is 60.2 cm³/mol. The third-order valence-corrected chi connectivity index (χ3v) is 3.26. The van der Waals surface area contributed by atoms with Crippen molar-refractivity contribution in [3.63, 3.8) is 0 Å². The first-order valence-electron chi connectivity index (χ1n) is 4.25. The smallest absolute Gasteiger partial charge is 0.158 e. The molecule has 0 bridgehead atoms. The number of rotatable bonds is 2. The Kier molecular flexibility index (Phi) is 2.65. The zero-order valence-electron chi connectivity index (χ0n) is 7.58. The quantitative estimate of drug-likeness (QED) is 0.771. The summed E-state index contributed by atoms with van der Waals surface area (Å²) in [7, 11) is 0. The van der Waals surface area contributed by atoms with Crippen LogP contribution >= 0.6 is 24.0 Å². The van der Waals surface area contributed by atoms with Gasteiger partial charge in [-0.25, -0.2) is 4.39 Å². The fourth-order valence-corrected chi connectivity index (χ4v) is 2.44. The van der Waals surface area contributed by atoms with Crippen molar-refractivity contribution in [2.24, 2.45) is 0 Å². The molecule has 2 aromatic rings. The van der Waals surface area contributed by atoms with Crippen LogP contribution in [0.4, 0.5) is 4.39 Å². The monoisotopic (exact) mass is 228 g/mol. The molecule has 0 unspecified atom stereocenters. The largest absolute Gasteiger partial charge is 0.493 e. The zero-order valence-corrected chi connectivity index (χ0v) is 9.29. The summed E-state index contributed by atoms with van der Waals surface area (Å²) < 4.78 is 19.6. The molecule has 1 aromatic carbocycles. The SMILES string of the molecule is CCOc1cc2ccsc2c(F)c1S. The van der Waals surface area contributed by atoms with Crippen LogP contribution in [0.25, 0.3) is 10.1 Å². The maximum atomic E-state index is 13.7. The van der Waals surface area contributed by atoms with Gasteiger partial charge in [0.05, 0.1) is 16.2 Å². The minimum atomic E-state index is -0.288. The number of thiol groups is 1. The van der Waals surface area contributed by atoms with Gasteiger partial charge in [-0.2, -0.15) is 0 Å². The van der Waals surface area contributed by atoms with Crippen molar-refractivity contribution in [1.82, 2.24) is 0 Å². The van der Waals surface area contributed by atoms with E-state index < -0.39 is 0 Å². The lowest BCUT2D eigenvalue weighted by Gasteiger charge is -2.07. The lowest BCUT2D eigenvalue weighted by atomic mass is 10.2. The highest BCUT2D eigenvalue weighted by atomic mass is 32.1. The summed E-state index contributed by atoms with van der Waals surface area (Å²) in [5, 5.41) is 2.73. The van der Waals surface area contributed by atoms with Crippen LogP contribution in [-0.4, -0.2) is 6.61 Å². The number of hydrogen-bond acceptors (Lipinski definition) is 3. The Balaban J connectivity index is 2.67. The van der Waals surface area contributed by atoms with E-state index in [-0.39, 0.29) is 5.82 Å². The normalized spacial score (nSPS) is 10.8. The van der Waals surface area contributed by atoms with E-state index in [4.69, 9.17) is 4.74 Å². The van der Waals surface area contributed by atoms with Gasteiger partial charge in [-0.1, -0.05) is 0 Å². The molecule has 0 aliphatic carbocycles. The van der Waals surface area contributed by atoms with E-state index in [0.717, 1.165) is 5.39 Å². The molecule has 0 fully saturated rings. The van der Waals surface area contributed by atoms with Crippen molar-refractivity contribution in [1.29, 1.82) is 0 Å². The molecule has 0 amide bonds. The highest BCUT2D eigenvalue weighted by Gasteiger charge is 2.12. The number of hydrogen-bond donors (Lipinski definition) is 1. The van der Waals surface area contributed by atoms with E-state index in [1.165, 1.54) is 11.3 Å². The van der Waals surface area contributed by atoms with Crippen LogP contribution in [0.5, 0.6) is 5.75 Å². The fourth-order valence-electron chi connectivity index (χ4n) is 1.30. The molecule has 0 N–H and O–H groups in total. The summed E-state index contributed by atoms with van der Waals surface area (Å²) in [5.41, 5.74) is 0. The minimum Gasteiger partial charge on any atom is -0.493 e. The van der Waals surface area contributed by atoms with Gasteiger partial charge >= 0.3 is 0 Å². The van der Waals surface area contributed by atoms with E-state index in [2.05, 4.69) is 12.6 Å². The first kappa shape index (κ1) is 9.80. The Morgan fingerprint density at radius 3 is 3.07 bits per heavy atom. The van der Waals surface area contributed by atoms with E-state index in [0.29, 0.717) is 22.0 Å². The molecule has 0 aliphatic rings. The number of fused-ring (bicyclic) bond motifs is 1. The molecule has 1 nitrogen and oxygen atoms in total. The molecular formula is C10H9FOS2. The Labute approximate surface area is 90.9 Å². The Hall–Kier alpha value is -0.740. The summed E-state index contributed by atoms with van der Waals surface area (Å²) in [4.78, 5) is 0.293. The van der Waals surface area contributed by atoms with Crippen molar-refractivity contribution >= 4 is 34.1 Å². The summed E-state index contributed by atoms with van der Waals surface area (Å²) in [5.74, 6) is 0.225. The van der Waals surface area contributed by atoms with Crippen LogP contribution in [0.1, 0.15) is 6.92 Å². The summed E-state index contributed by atoms with van der Waals surface area (Å²) >= 11 is 5.48. The zero-order chi connectivity index (χ0) is 10.1. The lowest BCUT2D eigenvalue weighted by Crippen LogP contribution is -1.94. The molecule has 14 heavy (non-hydrogen) atoms. The topological polar surface area (TPSA) is 9.23 Å². The minimum absolute atomic E-state index is 0.288. The maximum absolute atomic E-state index is 13.7. The maximum Gasteiger partial charge on any atom is 0.158 e. The molecule has 0 radical (unpaired) electrons. The standard InChI is InChI=1S/C10H9FOS2/c1-2-12-7-5-6-3-4-14-10(6)8(11)9(7)13/h3-5,13H,2H2,1H3. The number of halogens is 1. The summed E-state index contributed by atoms with van der Waals surface area (Å²) in [6.07, 6.45) is 0. The van der Waals surface area contributed by atoms with Crippen LogP contribution in [0.15, 0.2) is 22.4 Å². The van der Waals surface area contributed by atoms with Gasteiger partial charge in [0.2, 0.25) is 0 Å². The van der Waals surface area contributed by atoms with Gasteiger partial charge in [0.15, 0.2) is 5.82 Å². The van der Waals surface area contributed by atoms with Gasteiger partial charge < -0.3 is 4.74 Å². The van der Waals surface area contributed by atoms with E-state index in [1.54, 1.807) is 0 Å². The highest BCUT2D eigenvalue weighted by molar-refractivity contribution is 7.80. The summed E-state index contributed by atoms with van der Waals surface area (Å²) in [6, 6.07) is 3.69. The second kappa shape index (κ2) is 3.79. The number of ether oxygens (including phenoxy) is 1. The first-order chi connectivity index (χ1) is 6.74. The van der Waals surface area contributed by atoms with Crippen molar-refractivity contribution in [2.75, 3.05) is 6.61 Å². The van der Waals surface area contributed by atoms with Crippen LogP contribution in [0, 0.1) is 5.82 Å². The Morgan fingerprint density at radius 1 is 1.57 bits per heavy atom. The molecular weight excluding hydrogens is 219 g/mol. The van der Waals surface area contributed by atoms with Crippen LogP contribution < -0.4 is 4.74 Å². The average Bonchev–Trinajstić information content (AvgIpc) is 2.62. The number of thiophene rings is 1. The molecule has 1 heterocycles. The molecule has 0 aliphatic heterocycles. The van der Waals surface area contributed by atoms with Crippen LogP contribution in [0.3, 0.4) is 0 Å². The second-order valence-corrected chi connectivity index (χ2v) is 4.17. The van der Waals surface area contributed by atoms with Crippen molar-refractivity contribution < 1.29 is 9.13 Å². The van der Waals surface area contributed by atoms with Gasteiger partial charge in [-0.15, -0.1) is 24.0 Å². The first-order valence-corrected chi connectivity index (χ1v) is 5.58. The average molecular weight is 228 g/mol. The molecule has 2 rings (SSSR count). The van der Waals surface area contributed by atoms with E-state index >= 15 is 0 Å². The van der Waals surface area contributed by atoms with Gasteiger partial charge in [0.1, 0.15) is 5.75 Å². The molecule has 1 aromatic heterocycles. The molecule has 0 saturated carbocycles. The van der Waals surface area contributed by atoms with E-state index in [1.807, 2.05) is 24.4 Å². The van der Waals surface area contributed by atoms with Gasteiger partial charge in [0.25, 0.3) is 0 Å². The summed E-state index contributed by atoms with van der Waals surface area (Å²) in [6.45, 7) is 2.38. The molecule has 0 atom stereocenters. The predicted octanol–water partition coefficient (Wildman–Crippen LogP) is 3.73. The van der Waals surface area contributed by atoms with Crippen LogP contribution in [-0.2, 0) is 0 Å². The third kappa shape index (κ3) is 1.48. The Morgan fingerprint density at radius 2 is 2.36 bits per heavy atom. The van der Waals surface area contributed by atoms with Crippen molar-refractivity contribution in [3.05, 3.63) is 23.3 Å². The highest BCUT2D eigenvalue weighted by Crippen LogP contribution is 2.35. The fraction of sp³-hybridized carbons (Fsp3) is 0.200. The number of benzene rings is 1. The Bertz CT molecular complexity index is 464. The van der Waals surface area contributed by atoms with Gasteiger partial charge in [0, 0.05) is 0 Å². The molecule has 4 heteroatoms. The van der Waals surface area contributed by atoms with Gasteiger partial charge in [-0.3, -0.25) is 0 Å². The molecule has 74 valence electrons. The van der Waals surface area contributed by atoms with E-state index in [9.17, 15) is 4.39 Å². The van der Waals surface area contributed by atoms with Crippen molar-refractivity contribution in [2.45, 2.75) is 11.8 Å².